The number of carbonyl (C=O) groups excluding carboxylic acids is 3. The molecule has 0 saturated carbocycles. The van der Waals surface area contributed by atoms with E-state index in [9.17, 15) is 29.7 Å². The molecule has 0 spiro atoms. The molecule has 0 aliphatic heterocycles. The van der Waals surface area contributed by atoms with Crippen molar-refractivity contribution in [3.8, 4) is 0 Å². The highest BCUT2D eigenvalue weighted by Gasteiger charge is 2.29. The summed E-state index contributed by atoms with van der Waals surface area (Å²) < 4.78 is 5.40. The number of aliphatic hydroxyl groups excluding tert-OH is 2. The molecule has 0 fully saturated rings. The highest BCUT2D eigenvalue weighted by Crippen LogP contribution is 2.13. The van der Waals surface area contributed by atoms with Crippen LogP contribution in [-0.4, -0.2) is 82.2 Å². The Morgan fingerprint density at radius 1 is 0.745 bits per heavy atom. The van der Waals surface area contributed by atoms with Gasteiger partial charge in [0.25, 0.3) is 0 Å². The number of carboxylic acid groups (broad SMARTS) is 1. The van der Waals surface area contributed by atoms with Crippen molar-refractivity contribution in [3.63, 3.8) is 0 Å². The van der Waals surface area contributed by atoms with E-state index in [-0.39, 0.29) is 26.1 Å². The minimum atomic E-state index is -1.49. The van der Waals surface area contributed by atoms with Gasteiger partial charge in [0.15, 0.2) is 0 Å². The van der Waals surface area contributed by atoms with Gasteiger partial charge < -0.3 is 45.7 Å². The quantitative estimate of drug-likeness (QED) is 0.158. The number of nitrogens with one attached hydrogen (secondary N) is 3. The molecule has 3 aromatic carbocycles. The van der Waals surface area contributed by atoms with Crippen molar-refractivity contribution in [2.24, 2.45) is 0 Å². The van der Waals surface area contributed by atoms with Crippen molar-refractivity contribution in [1.29, 1.82) is 0 Å². The monoisotopic (exact) mass is 647 g/mol. The standard InChI is InChI=1S/C36H48N4O7/c1-25(40(35(45)46)24-28-18-12-7-13-19-28)33(43)38-29(20-26-14-8-5-9-15-26)31(41)22-37-23-32(42)30(21-27-16-10-6-11-17-27)39-34(44)47-36(2,3)4/h5-19,25,29-32,37,41-42H,20-24H2,1-4H3,(H,38,43)(H,39,44)(H,45,46)/p-1/t25-,29-,30-,31+,32+/m0/s1. The van der Waals surface area contributed by atoms with Crippen molar-refractivity contribution in [3.05, 3.63) is 108 Å². The van der Waals surface area contributed by atoms with E-state index in [1.807, 2.05) is 66.7 Å². The van der Waals surface area contributed by atoms with Gasteiger partial charge >= 0.3 is 6.09 Å². The van der Waals surface area contributed by atoms with Crippen LogP contribution in [0.3, 0.4) is 0 Å². The molecule has 5 N–H and O–H groups in total. The first kappa shape index (κ1) is 37.0. The molecule has 3 rings (SSSR count). The first-order chi connectivity index (χ1) is 22.3. The smallest absolute Gasteiger partial charge is 0.407 e. The minimum Gasteiger partial charge on any atom is -0.530 e. The summed E-state index contributed by atoms with van der Waals surface area (Å²) in [6.45, 7) is 6.70. The zero-order chi connectivity index (χ0) is 34.4. The summed E-state index contributed by atoms with van der Waals surface area (Å²) in [6.07, 6.45) is -3.70. The van der Waals surface area contributed by atoms with Gasteiger partial charge in [-0.25, -0.2) is 4.79 Å². The molecular weight excluding hydrogens is 600 g/mol. The van der Waals surface area contributed by atoms with E-state index < -0.39 is 54.0 Å². The van der Waals surface area contributed by atoms with Crippen molar-refractivity contribution in [2.45, 2.75) is 83.0 Å². The topological polar surface area (TPSA) is 163 Å². The molecule has 0 radical (unpaired) electrons. The van der Waals surface area contributed by atoms with Gasteiger partial charge in [0.2, 0.25) is 5.91 Å². The summed E-state index contributed by atoms with van der Waals surface area (Å²) in [4.78, 5) is 38.9. The Hall–Kier alpha value is -4.45. The number of carbonyl (C=O) groups is 3. The Kier molecular flexibility index (Phi) is 14.2. The number of nitrogens with zero attached hydrogens (tertiary/aromatic N) is 1. The molecule has 3 amide bonds. The molecule has 3 aromatic rings. The SMILES string of the molecule is C[C@@H](C(=O)N[C@@H](Cc1ccccc1)[C@H](O)CNC[C@@H](O)[C@H](Cc1ccccc1)NC(=O)OC(C)(C)C)N(Cc1ccccc1)C(=O)[O-]. The van der Waals surface area contributed by atoms with Crippen molar-refractivity contribution >= 4 is 18.1 Å². The minimum absolute atomic E-state index is 0.0120. The number of hydrogen-bond donors (Lipinski definition) is 5. The van der Waals surface area contributed by atoms with E-state index in [0.29, 0.717) is 12.0 Å². The predicted octanol–water partition coefficient (Wildman–Crippen LogP) is 2.40. The van der Waals surface area contributed by atoms with Crippen LogP contribution < -0.4 is 21.1 Å². The van der Waals surface area contributed by atoms with Gasteiger partial charge in [-0.2, -0.15) is 0 Å². The summed E-state index contributed by atoms with van der Waals surface area (Å²) in [5, 5.41) is 43.0. The highest BCUT2D eigenvalue weighted by atomic mass is 16.6. The number of amides is 3. The maximum Gasteiger partial charge on any atom is 0.407 e. The van der Waals surface area contributed by atoms with E-state index in [1.54, 1.807) is 45.0 Å². The number of hydrogen-bond acceptors (Lipinski definition) is 8. The Labute approximate surface area is 277 Å². The summed E-state index contributed by atoms with van der Waals surface area (Å²) >= 11 is 0. The van der Waals surface area contributed by atoms with E-state index in [0.717, 1.165) is 16.0 Å². The fourth-order valence-corrected chi connectivity index (χ4v) is 5.01. The maximum atomic E-state index is 13.4. The Balaban J connectivity index is 1.67. The van der Waals surface area contributed by atoms with Crippen LogP contribution >= 0.6 is 0 Å². The number of rotatable bonds is 16. The second kappa shape index (κ2) is 18.0. The van der Waals surface area contributed by atoms with E-state index in [1.165, 1.54) is 6.92 Å². The van der Waals surface area contributed by atoms with Gasteiger partial charge in [0.1, 0.15) is 17.7 Å². The lowest BCUT2D eigenvalue weighted by molar-refractivity contribution is -0.268. The molecule has 0 unspecified atom stereocenters. The van der Waals surface area contributed by atoms with Crippen molar-refractivity contribution < 1.29 is 34.4 Å². The van der Waals surface area contributed by atoms with E-state index >= 15 is 0 Å². The van der Waals surface area contributed by atoms with E-state index in [4.69, 9.17) is 4.74 Å². The van der Waals surface area contributed by atoms with Crippen LogP contribution in [0.1, 0.15) is 44.4 Å². The third-order valence-corrected chi connectivity index (χ3v) is 7.54. The molecule has 5 atom stereocenters. The zero-order valence-corrected chi connectivity index (χ0v) is 27.5. The highest BCUT2D eigenvalue weighted by molar-refractivity contribution is 5.84. The fraction of sp³-hybridized carbons (Fsp3) is 0.417. The predicted molar refractivity (Wildman–Crippen MR) is 177 cm³/mol. The van der Waals surface area contributed by atoms with Gasteiger partial charge in [0, 0.05) is 19.6 Å². The Morgan fingerprint density at radius 3 is 1.60 bits per heavy atom. The van der Waals surface area contributed by atoms with Gasteiger partial charge in [-0.1, -0.05) is 91.0 Å². The lowest BCUT2D eigenvalue weighted by atomic mass is 9.99. The van der Waals surface area contributed by atoms with E-state index in [2.05, 4.69) is 16.0 Å². The molecule has 0 aromatic heterocycles. The average Bonchev–Trinajstić information content (AvgIpc) is 3.03. The van der Waals surface area contributed by atoms with Crippen LogP contribution in [0.4, 0.5) is 9.59 Å². The van der Waals surface area contributed by atoms with Crippen LogP contribution in [0.2, 0.25) is 0 Å². The second-order valence-electron chi connectivity index (χ2n) is 12.6. The summed E-state index contributed by atoms with van der Waals surface area (Å²) in [7, 11) is 0. The lowest BCUT2D eigenvalue weighted by Crippen LogP contribution is -2.57. The van der Waals surface area contributed by atoms with Gasteiger partial charge in [-0.3, -0.25) is 4.79 Å². The molecule has 0 saturated heterocycles. The van der Waals surface area contributed by atoms with Crippen molar-refractivity contribution in [1.82, 2.24) is 20.9 Å². The molecule has 254 valence electrons. The van der Waals surface area contributed by atoms with Gasteiger partial charge in [0.05, 0.1) is 24.3 Å². The third-order valence-electron chi connectivity index (χ3n) is 7.54. The van der Waals surface area contributed by atoms with Crippen LogP contribution in [0.15, 0.2) is 91.0 Å². The zero-order valence-electron chi connectivity index (χ0n) is 27.5. The van der Waals surface area contributed by atoms with Crippen LogP contribution in [0.5, 0.6) is 0 Å². The number of aliphatic hydroxyl groups is 2. The maximum absolute atomic E-state index is 13.4. The number of benzene rings is 3. The number of alkyl carbamates (subject to hydrolysis) is 1. The lowest BCUT2D eigenvalue weighted by Gasteiger charge is -2.33. The first-order valence-corrected chi connectivity index (χ1v) is 15.8. The fourth-order valence-electron chi connectivity index (χ4n) is 5.01. The molecule has 0 aliphatic carbocycles. The average molecular weight is 648 g/mol. The molecule has 0 bridgehead atoms. The molecule has 0 heterocycles. The normalized spacial score (nSPS) is 14.6. The Morgan fingerprint density at radius 2 is 1.17 bits per heavy atom. The second-order valence-corrected chi connectivity index (χ2v) is 12.6. The molecule has 11 nitrogen and oxygen atoms in total. The van der Waals surface area contributed by atoms with Gasteiger partial charge in [-0.05, 0) is 57.2 Å². The third kappa shape index (κ3) is 13.1. The first-order valence-electron chi connectivity index (χ1n) is 15.8. The summed E-state index contributed by atoms with van der Waals surface area (Å²) in [5.74, 6) is -0.588. The van der Waals surface area contributed by atoms with Gasteiger partial charge in [-0.15, -0.1) is 0 Å². The largest absolute Gasteiger partial charge is 0.530 e. The summed E-state index contributed by atoms with van der Waals surface area (Å²) in [5.41, 5.74) is 1.75. The number of ether oxygens (including phenoxy) is 1. The Bertz CT molecular complexity index is 1390. The molecule has 47 heavy (non-hydrogen) atoms. The summed E-state index contributed by atoms with van der Waals surface area (Å²) in [6, 6.07) is 25.0. The van der Waals surface area contributed by atoms with Crippen LogP contribution in [0.25, 0.3) is 0 Å². The molecular formula is C36H47N4O7-. The molecule has 11 heteroatoms. The molecule has 0 aliphatic rings. The van der Waals surface area contributed by atoms with Crippen LogP contribution in [-0.2, 0) is 28.9 Å². The van der Waals surface area contributed by atoms with Crippen LogP contribution in [0, 0.1) is 0 Å². The van der Waals surface area contributed by atoms with Crippen molar-refractivity contribution in [2.75, 3.05) is 13.1 Å².